The van der Waals surface area contributed by atoms with Gasteiger partial charge in [0.05, 0.1) is 10.5 Å². The highest BCUT2D eigenvalue weighted by molar-refractivity contribution is 6.35. The molecule has 0 saturated heterocycles. The van der Waals surface area contributed by atoms with Crippen LogP contribution in [0.15, 0.2) is 42.5 Å². The van der Waals surface area contributed by atoms with E-state index in [1.54, 1.807) is 0 Å². The van der Waals surface area contributed by atoms with Gasteiger partial charge >= 0.3 is 0 Å². The molecule has 2 heterocycles. The first-order chi connectivity index (χ1) is 11.2. The Bertz CT molecular complexity index is 852. The van der Waals surface area contributed by atoms with Crippen molar-refractivity contribution >= 4 is 22.5 Å². The van der Waals surface area contributed by atoms with E-state index in [4.69, 9.17) is 11.6 Å². The topological polar surface area (TPSA) is 17.0 Å². The fourth-order valence-corrected chi connectivity index (χ4v) is 3.82. The van der Waals surface area contributed by atoms with Gasteiger partial charge < -0.3 is 9.88 Å². The number of rotatable bonds is 3. The lowest BCUT2D eigenvalue weighted by molar-refractivity contribution is 0.593. The van der Waals surface area contributed by atoms with Crippen LogP contribution in [0, 0.1) is 5.82 Å². The number of nitrogens with one attached hydrogen (secondary N) is 1. The lowest BCUT2D eigenvalue weighted by Crippen LogP contribution is -2.24. The summed E-state index contributed by atoms with van der Waals surface area (Å²) in [4.78, 5) is 0. The molecule has 0 atom stereocenters. The molecule has 0 bridgehead atoms. The van der Waals surface area contributed by atoms with Gasteiger partial charge in [-0.15, -0.1) is 0 Å². The molecular formula is C19H18ClFN2. The van der Waals surface area contributed by atoms with E-state index in [9.17, 15) is 4.39 Å². The largest absolute Gasteiger partial charge is 0.344 e. The molecule has 2 aromatic carbocycles. The van der Waals surface area contributed by atoms with Gasteiger partial charge in [-0.25, -0.2) is 4.39 Å². The third kappa shape index (κ3) is 2.64. The molecule has 0 amide bonds. The fourth-order valence-electron chi connectivity index (χ4n) is 3.53. The van der Waals surface area contributed by atoms with Crippen molar-refractivity contribution in [3.63, 3.8) is 0 Å². The molecule has 1 N–H and O–H groups in total. The average molecular weight is 329 g/mol. The van der Waals surface area contributed by atoms with Gasteiger partial charge in [0.15, 0.2) is 0 Å². The van der Waals surface area contributed by atoms with E-state index in [1.165, 1.54) is 34.3 Å². The standard InChI is InChI=1S/C19H18ClFN2/c20-16-2-1-3-18-19(16)15-12-22-10-8-17(15)23(18)11-9-13-4-6-14(21)7-5-13/h1-7,22H,8-12H2. The maximum atomic E-state index is 13.1. The normalized spacial score (nSPS) is 14.2. The summed E-state index contributed by atoms with van der Waals surface area (Å²) in [5.41, 5.74) is 5.07. The van der Waals surface area contributed by atoms with Crippen molar-refractivity contribution in [1.82, 2.24) is 9.88 Å². The second-order valence-electron chi connectivity index (χ2n) is 6.01. The molecule has 118 valence electrons. The highest BCUT2D eigenvalue weighted by Crippen LogP contribution is 2.33. The SMILES string of the molecule is Fc1ccc(CCn2c3c(c4c(Cl)cccc42)CNCC3)cc1. The van der Waals surface area contributed by atoms with E-state index in [0.29, 0.717) is 0 Å². The van der Waals surface area contributed by atoms with Gasteiger partial charge in [0.1, 0.15) is 5.82 Å². The van der Waals surface area contributed by atoms with Crippen LogP contribution in [0.1, 0.15) is 16.8 Å². The Hall–Kier alpha value is -1.84. The van der Waals surface area contributed by atoms with Crippen molar-refractivity contribution in [2.45, 2.75) is 25.9 Å². The minimum absolute atomic E-state index is 0.185. The summed E-state index contributed by atoms with van der Waals surface area (Å²) >= 11 is 6.46. The van der Waals surface area contributed by atoms with E-state index >= 15 is 0 Å². The molecule has 0 radical (unpaired) electrons. The van der Waals surface area contributed by atoms with Gasteiger partial charge in [0.25, 0.3) is 0 Å². The zero-order chi connectivity index (χ0) is 15.8. The van der Waals surface area contributed by atoms with E-state index in [2.05, 4.69) is 16.0 Å². The molecule has 4 heteroatoms. The van der Waals surface area contributed by atoms with Crippen molar-refractivity contribution in [2.75, 3.05) is 6.54 Å². The van der Waals surface area contributed by atoms with Gasteiger partial charge in [-0.3, -0.25) is 0 Å². The summed E-state index contributed by atoms with van der Waals surface area (Å²) < 4.78 is 15.4. The molecule has 0 fully saturated rings. The molecule has 0 saturated carbocycles. The Morgan fingerprint density at radius 2 is 1.96 bits per heavy atom. The van der Waals surface area contributed by atoms with Crippen molar-refractivity contribution < 1.29 is 4.39 Å². The summed E-state index contributed by atoms with van der Waals surface area (Å²) in [5, 5.41) is 5.44. The van der Waals surface area contributed by atoms with E-state index in [1.807, 2.05) is 24.3 Å². The number of fused-ring (bicyclic) bond motifs is 3. The number of halogens is 2. The number of benzene rings is 2. The third-order valence-corrected chi connectivity index (χ3v) is 4.95. The van der Waals surface area contributed by atoms with Crippen LogP contribution in [-0.2, 0) is 25.9 Å². The third-order valence-electron chi connectivity index (χ3n) is 4.64. The summed E-state index contributed by atoms with van der Waals surface area (Å²) in [7, 11) is 0. The first-order valence-corrected chi connectivity index (χ1v) is 8.35. The second-order valence-corrected chi connectivity index (χ2v) is 6.42. The average Bonchev–Trinajstić information content (AvgIpc) is 2.89. The highest BCUT2D eigenvalue weighted by atomic mass is 35.5. The van der Waals surface area contributed by atoms with E-state index in [-0.39, 0.29) is 5.82 Å². The molecule has 0 aliphatic carbocycles. The Labute approximate surface area is 139 Å². The zero-order valence-corrected chi connectivity index (χ0v) is 13.5. The fraction of sp³-hybridized carbons (Fsp3) is 0.263. The van der Waals surface area contributed by atoms with Crippen LogP contribution in [-0.4, -0.2) is 11.1 Å². The first kappa shape index (κ1) is 14.7. The molecule has 4 rings (SSSR count). The van der Waals surface area contributed by atoms with E-state index < -0.39 is 0 Å². The van der Waals surface area contributed by atoms with Gasteiger partial charge in [0.2, 0.25) is 0 Å². The van der Waals surface area contributed by atoms with Crippen LogP contribution in [0.25, 0.3) is 10.9 Å². The highest BCUT2D eigenvalue weighted by Gasteiger charge is 2.21. The quantitative estimate of drug-likeness (QED) is 0.757. The number of hydrogen-bond donors (Lipinski definition) is 1. The number of nitrogens with zero attached hydrogens (tertiary/aromatic N) is 1. The van der Waals surface area contributed by atoms with Crippen LogP contribution in [0.3, 0.4) is 0 Å². The summed E-state index contributed by atoms with van der Waals surface area (Å²) in [6.45, 7) is 2.76. The van der Waals surface area contributed by atoms with Crippen LogP contribution >= 0.6 is 11.6 Å². The van der Waals surface area contributed by atoms with Crippen molar-refractivity contribution in [3.8, 4) is 0 Å². The molecule has 3 aromatic rings. The van der Waals surface area contributed by atoms with Crippen molar-refractivity contribution in [3.05, 3.63) is 70.1 Å². The lowest BCUT2D eigenvalue weighted by Gasteiger charge is -2.17. The Morgan fingerprint density at radius 3 is 2.78 bits per heavy atom. The molecule has 23 heavy (non-hydrogen) atoms. The minimum atomic E-state index is -0.185. The maximum absolute atomic E-state index is 13.1. The van der Waals surface area contributed by atoms with Gasteiger partial charge in [-0.2, -0.15) is 0 Å². The number of aromatic nitrogens is 1. The molecular weight excluding hydrogens is 311 g/mol. The minimum Gasteiger partial charge on any atom is -0.344 e. The van der Waals surface area contributed by atoms with Crippen LogP contribution in [0.2, 0.25) is 5.02 Å². The van der Waals surface area contributed by atoms with Crippen LogP contribution in [0.4, 0.5) is 4.39 Å². The predicted molar refractivity (Wildman–Crippen MR) is 92.5 cm³/mol. The van der Waals surface area contributed by atoms with Crippen LogP contribution in [0.5, 0.6) is 0 Å². The molecule has 2 nitrogen and oxygen atoms in total. The monoisotopic (exact) mass is 328 g/mol. The first-order valence-electron chi connectivity index (χ1n) is 7.97. The smallest absolute Gasteiger partial charge is 0.123 e. The zero-order valence-electron chi connectivity index (χ0n) is 12.8. The molecule has 1 aliphatic heterocycles. The van der Waals surface area contributed by atoms with Crippen molar-refractivity contribution in [2.24, 2.45) is 0 Å². The Morgan fingerprint density at radius 1 is 1.13 bits per heavy atom. The molecule has 1 aromatic heterocycles. The van der Waals surface area contributed by atoms with Gasteiger partial charge in [0, 0.05) is 37.1 Å². The molecule has 0 unspecified atom stereocenters. The summed E-state index contributed by atoms with van der Waals surface area (Å²) in [5.74, 6) is -0.185. The number of hydrogen-bond acceptors (Lipinski definition) is 1. The molecule has 1 aliphatic rings. The van der Waals surface area contributed by atoms with Crippen LogP contribution < -0.4 is 5.32 Å². The Kier molecular flexibility index (Phi) is 3.83. The van der Waals surface area contributed by atoms with E-state index in [0.717, 1.165) is 43.1 Å². The van der Waals surface area contributed by atoms with Gasteiger partial charge in [-0.1, -0.05) is 29.8 Å². The summed E-state index contributed by atoms with van der Waals surface area (Å²) in [6.07, 6.45) is 1.90. The lowest BCUT2D eigenvalue weighted by atomic mass is 10.1. The number of aryl methyl sites for hydroxylation is 2. The van der Waals surface area contributed by atoms with Gasteiger partial charge in [-0.05, 0) is 41.8 Å². The predicted octanol–water partition coefficient (Wildman–Crippen LogP) is 4.32. The summed E-state index contributed by atoms with van der Waals surface area (Å²) in [6, 6.07) is 12.9. The maximum Gasteiger partial charge on any atom is 0.123 e. The molecule has 0 spiro atoms. The van der Waals surface area contributed by atoms with Crippen molar-refractivity contribution in [1.29, 1.82) is 0 Å². The Balaban J connectivity index is 1.74. The second kappa shape index (κ2) is 5.99.